The Labute approximate surface area is 106 Å². The van der Waals surface area contributed by atoms with E-state index in [0.717, 1.165) is 12.8 Å². The number of unbranched alkanes of at least 4 members (excludes halogenated alkanes) is 2. The molecule has 0 heterocycles. The molecule has 0 aromatic heterocycles. The van der Waals surface area contributed by atoms with Crippen LogP contribution in [0.5, 0.6) is 0 Å². The highest BCUT2D eigenvalue weighted by atomic mass is 16.3. The molecule has 1 rings (SSSR count). The monoisotopic (exact) mass is 247 g/mol. The predicted molar refractivity (Wildman–Crippen MR) is 67.6 cm³/mol. The first-order chi connectivity index (χ1) is 8.65. The van der Waals surface area contributed by atoms with Crippen LogP contribution in [0, 0.1) is 0 Å². The summed E-state index contributed by atoms with van der Waals surface area (Å²) in [6, 6.07) is 8.58. The van der Waals surface area contributed by atoms with E-state index in [4.69, 9.17) is 0 Å². The topological polar surface area (TPSA) is 66.7 Å². The van der Waals surface area contributed by atoms with Crippen molar-refractivity contribution in [2.24, 2.45) is 4.99 Å². The maximum absolute atomic E-state index is 11.8. The van der Waals surface area contributed by atoms with Gasteiger partial charge in [0.15, 0.2) is 5.60 Å². The summed E-state index contributed by atoms with van der Waals surface area (Å²) in [4.78, 5) is 25.0. The minimum Gasteiger partial charge on any atom is -0.375 e. The standard InChI is InChI=1S/C14H17NO3/c1-2-3-7-10-14(18,13(17)15-11-16)12-8-5-4-6-9-12/h4-6,8-9,18H,2-3,7,10H2,1H3. The van der Waals surface area contributed by atoms with Gasteiger partial charge >= 0.3 is 0 Å². The molecule has 0 saturated heterocycles. The Kier molecular flexibility index (Phi) is 5.43. The summed E-state index contributed by atoms with van der Waals surface area (Å²) in [5.74, 6) is -0.847. The molecular weight excluding hydrogens is 230 g/mol. The lowest BCUT2D eigenvalue weighted by molar-refractivity contribution is -0.137. The minimum atomic E-state index is -1.71. The van der Waals surface area contributed by atoms with Crippen LogP contribution in [-0.4, -0.2) is 17.1 Å². The van der Waals surface area contributed by atoms with Gasteiger partial charge in [-0.1, -0.05) is 50.1 Å². The van der Waals surface area contributed by atoms with E-state index in [1.807, 2.05) is 6.92 Å². The summed E-state index contributed by atoms with van der Waals surface area (Å²) >= 11 is 0. The lowest BCUT2D eigenvalue weighted by atomic mass is 9.87. The Morgan fingerprint density at radius 1 is 1.33 bits per heavy atom. The van der Waals surface area contributed by atoms with Crippen molar-refractivity contribution in [3.63, 3.8) is 0 Å². The zero-order chi connectivity index (χ0) is 13.4. The smallest absolute Gasteiger partial charge is 0.292 e. The van der Waals surface area contributed by atoms with E-state index in [1.165, 1.54) is 6.08 Å². The van der Waals surface area contributed by atoms with E-state index in [-0.39, 0.29) is 6.42 Å². The van der Waals surface area contributed by atoms with E-state index in [0.29, 0.717) is 12.0 Å². The SMILES string of the molecule is CCCCCC(O)(C(=O)N=C=O)c1ccccc1. The van der Waals surface area contributed by atoms with Gasteiger partial charge < -0.3 is 5.11 Å². The van der Waals surface area contributed by atoms with Crippen LogP contribution in [0.3, 0.4) is 0 Å². The zero-order valence-corrected chi connectivity index (χ0v) is 10.4. The van der Waals surface area contributed by atoms with E-state index < -0.39 is 11.5 Å². The number of benzene rings is 1. The average molecular weight is 247 g/mol. The number of amides is 1. The summed E-state index contributed by atoms with van der Waals surface area (Å²) in [5.41, 5.74) is -1.25. The average Bonchev–Trinajstić information content (AvgIpc) is 2.40. The highest BCUT2D eigenvalue weighted by Gasteiger charge is 2.37. The number of isocyanates is 1. The summed E-state index contributed by atoms with van der Waals surface area (Å²) < 4.78 is 0. The second-order valence-electron chi connectivity index (χ2n) is 4.19. The van der Waals surface area contributed by atoms with Gasteiger partial charge in [0.05, 0.1) is 0 Å². The van der Waals surface area contributed by atoms with Crippen molar-refractivity contribution in [2.75, 3.05) is 0 Å². The molecule has 0 fully saturated rings. The number of rotatable bonds is 6. The molecule has 1 N–H and O–H groups in total. The van der Waals surface area contributed by atoms with Crippen LogP contribution in [0.4, 0.5) is 0 Å². The molecule has 0 saturated carbocycles. The molecular formula is C14H17NO3. The van der Waals surface area contributed by atoms with Crippen LogP contribution in [0.15, 0.2) is 35.3 Å². The molecule has 1 aromatic carbocycles. The van der Waals surface area contributed by atoms with Crippen LogP contribution in [0.25, 0.3) is 0 Å². The molecule has 1 unspecified atom stereocenters. The first-order valence-electron chi connectivity index (χ1n) is 6.05. The number of carbonyl (C=O) groups excluding carboxylic acids is 2. The van der Waals surface area contributed by atoms with E-state index in [9.17, 15) is 14.7 Å². The Morgan fingerprint density at radius 3 is 2.56 bits per heavy atom. The van der Waals surface area contributed by atoms with Crippen LogP contribution in [0.1, 0.15) is 38.2 Å². The van der Waals surface area contributed by atoms with Crippen molar-refractivity contribution in [1.29, 1.82) is 0 Å². The Balaban J connectivity index is 3.01. The van der Waals surface area contributed by atoms with E-state index >= 15 is 0 Å². The number of aliphatic imine (C=N–C) groups is 1. The Morgan fingerprint density at radius 2 is 2.00 bits per heavy atom. The molecule has 0 bridgehead atoms. The van der Waals surface area contributed by atoms with Crippen molar-refractivity contribution in [3.05, 3.63) is 35.9 Å². The van der Waals surface area contributed by atoms with Crippen LogP contribution in [-0.2, 0) is 15.2 Å². The van der Waals surface area contributed by atoms with Crippen LogP contribution in [0.2, 0.25) is 0 Å². The van der Waals surface area contributed by atoms with Crippen molar-refractivity contribution in [2.45, 2.75) is 38.2 Å². The molecule has 0 aliphatic carbocycles. The summed E-state index contributed by atoms with van der Waals surface area (Å²) in [6.45, 7) is 2.03. The second kappa shape index (κ2) is 6.84. The third kappa shape index (κ3) is 3.36. The highest BCUT2D eigenvalue weighted by molar-refractivity contribution is 5.90. The van der Waals surface area contributed by atoms with Gasteiger partial charge in [0.2, 0.25) is 6.08 Å². The molecule has 0 radical (unpaired) electrons. The molecule has 4 nitrogen and oxygen atoms in total. The van der Waals surface area contributed by atoms with E-state index in [2.05, 4.69) is 4.99 Å². The maximum Gasteiger partial charge on any atom is 0.292 e. The van der Waals surface area contributed by atoms with Crippen LogP contribution >= 0.6 is 0 Å². The number of hydrogen-bond acceptors (Lipinski definition) is 3. The predicted octanol–water partition coefficient (Wildman–Crippen LogP) is 2.32. The fourth-order valence-electron chi connectivity index (χ4n) is 1.85. The summed E-state index contributed by atoms with van der Waals surface area (Å²) in [6.07, 6.45) is 4.05. The zero-order valence-electron chi connectivity index (χ0n) is 10.4. The van der Waals surface area contributed by atoms with Gasteiger partial charge in [-0.15, -0.1) is 4.99 Å². The minimum absolute atomic E-state index is 0.259. The van der Waals surface area contributed by atoms with Crippen molar-refractivity contribution in [3.8, 4) is 0 Å². The van der Waals surface area contributed by atoms with Gasteiger partial charge in [-0.2, -0.15) is 0 Å². The number of hydrogen-bond donors (Lipinski definition) is 1. The molecule has 18 heavy (non-hydrogen) atoms. The molecule has 0 aliphatic heterocycles. The molecule has 0 aliphatic rings. The molecule has 4 heteroatoms. The van der Waals surface area contributed by atoms with Gasteiger partial charge in [0.1, 0.15) is 0 Å². The normalized spacial score (nSPS) is 13.4. The molecule has 1 amide bonds. The number of aliphatic hydroxyl groups is 1. The number of nitrogens with zero attached hydrogens (tertiary/aromatic N) is 1. The Bertz CT molecular complexity index is 438. The lowest BCUT2D eigenvalue weighted by Crippen LogP contribution is -2.34. The summed E-state index contributed by atoms with van der Waals surface area (Å²) in [7, 11) is 0. The molecule has 1 atom stereocenters. The quantitative estimate of drug-likeness (QED) is 0.476. The van der Waals surface area contributed by atoms with Crippen LogP contribution < -0.4 is 0 Å². The fourth-order valence-corrected chi connectivity index (χ4v) is 1.85. The van der Waals surface area contributed by atoms with Gasteiger partial charge in [-0.3, -0.25) is 4.79 Å². The van der Waals surface area contributed by atoms with Crippen molar-refractivity contribution in [1.82, 2.24) is 0 Å². The molecule has 0 spiro atoms. The van der Waals surface area contributed by atoms with E-state index in [1.54, 1.807) is 30.3 Å². The second-order valence-corrected chi connectivity index (χ2v) is 4.19. The Hall–Kier alpha value is -1.77. The largest absolute Gasteiger partial charge is 0.375 e. The molecule has 96 valence electrons. The number of carbonyl (C=O) groups is 1. The lowest BCUT2D eigenvalue weighted by Gasteiger charge is -2.24. The first kappa shape index (κ1) is 14.3. The van der Waals surface area contributed by atoms with Gasteiger partial charge in [0.25, 0.3) is 5.91 Å². The highest BCUT2D eigenvalue weighted by Crippen LogP contribution is 2.28. The van der Waals surface area contributed by atoms with Crippen molar-refractivity contribution >= 4 is 12.0 Å². The first-order valence-corrected chi connectivity index (χ1v) is 6.05. The third-order valence-corrected chi connectivity index (χ3v) is 2.89. The summed E-state index contributed by atoms with van der Waals surface area (Å²) in [5, 5.41) is 10.5. The van der Waals surface area contributed by atoms with Crippen molar-refractivity contribution < 1.29 is 14.7 Å². The van der Waals surface area contributed by atoms with Gasteiger partial charge in [-0.25, -0.2) is 4.79 Å². The fraction of sp³-hybridized carbons (Fsp3) is 0.429. The van der Waals surface area contributed by atoms with Gasteiger partial charge in [-0.05, 0) is 18.4 Å². The third-order valence-electron chi connectivity index (χ3n) is 2.89. The molecule has 1 aromatic rings. The maximum atomic E-state index is 11.8. The van der Waals surface area contributed by atoms with Gasteiger partial charge in [0, 0.05) is 0 Å².